The van der Waals surface area contributed by atoms with Crippen LogP contribution < -0.4 is 0 Å². The Labute approximate surface area is 135 Å². The molecule has 2 heteroatoms. The third kappa shape index (κ3) is 7.02. The van der Waals surface area contributed by atoms with Crippen LogP contribution in [0.4, 0.5) is 0 Å². The molecule has 0 aromatic rings. The maximum absolute atomic E-state index is 12.2. The lowest BCUT2D eigenvalue weighted by atomic mass is 9.85. The summed E-state index contributed by atoms with van der Waals surface area (Å²) in [5, 5.41) is 0. The summed E-state index contributed by atoms with van der Waals surface area (Å²) in [6.07, 6.45) is 11.8. The molecule has 1 aliphatic carbocycles. The van der Waals surface area contributed by atoms with Crippen LogP contribution in [0.5, 0.6) is 0 Å². The zero-order valence-corrected chi connectivity index (χ0v) is 14.7. The van der Waals surface area contributed by atoms with E-state index in [9.17, 15) is 9.59 Å². The first-order valence-electron chi connectivity index (χ1n) is 8.31. The molecular weight excluding hydrogens is 272 g/mol. The fourth-order valence-electron chi connectivity index (χ4n) is 2.58. The monoisotopic (exact) mass is 302 g/mol. The highest BCUT2D eigenvalue weighted by Gasteiger charge is 2.16. The molecule has 22 heavy (non-hydrogen) atoms. The largest absolute Gasteiger partial charge is 0.295 e. The molecular formula is C20H30O2. The third-order valence-corrected chi connectivity index (χ3v) is 4.33. The summed E-state index contributed by atoms with van der Waals surface area (Å²) in [5.74, 6) is 0.357. The van der Waals surface area contributed by atoms with E-state index in [0.29, 0.717) is 0 Å². The third-order valence-electron chi connectivity index (χ3n) is 4.33. The van der Waals surface area contributed by atoms with Crippen LogP contribution in [0.2, 0.25) is 0 Å². The van der Waals surface area contributed by atoms with E-state index in [2.05, 4.69) is 13.8 Å². The summed E-state index contributed by atoms with van der Waals surface area (Å²) in [6.45, 7) is 10.3. The van der Waals surface area contributed by atoms with Gasteiger partial charge in [-0.1, -0.05) is 38.0 Å². The summed E-state index contributed by atoms with van der Waals surface area (Å²) in [5.41, 5.74) is 2.17. The van der Waals surface area contributed by atoms with E-state index in [4.69, 9.17) is 0 Å². The van der Waals surface area contributed by atoms with Crippen molar-refractivity contribution in [2.75, 3.05) is 0 Å². The van der Waals surface area contributed by atoms with Gasteiger partial charge >= 0.3 is 0 Å². The van der Waals surface area contributed by atoms with Gasteiger partial charge in [0.15, 0.2) is 11.6 Å². The summed E-state index contributed by atoms with van der Waals surface area (Å²) in [7, 11) is 0. The number of ketones is 2. The molecule has 0 amide bonds. The van der Waals surface area contributed by atoms with Crippen molar-refractivity contribution in [3.8, 4) is 0 Å². The van der Waals surface area contributed by atoms with Crippen molar-refractivity contribution in [3.63, 3.8) is 0 Å². The molecule has 122 valence electrons. The van der Waals surface area contributed by atoms with Crippen LogP contribution >= 0.6 is 0 Å². The predicted molar refractivity (Wildman–Crippen MR) is 92.7 cm³/mol. The second kappa shape index (κ2) is 8.26. The topological polar surface area (TPSA) is 34.1 Å². The molecule has 0 N–H and O–H groups in total. The zero-order chi connectivity index (χ0) is 16.8. The van der Waals surface area contributed by atoms with Gasteiger partial charge in [0.25, 0.3) is 0 Å². The van der Waals surface area contributed by atoms with Gasteiger partial charge in [-0.3, -0.25) is 9.59 Å². The van der Waals surface area contributed by atoms with E-state index in [0.717, 1.165) is 43.3 Å². The van der Waals surface area contributed by atoms with Gasteiger partial charge < -0.3 is 0 Å². The van der Waals surface area contributed by atoms with Crippen LogP contribution in [-0.2, 0) is 9.59 Å². The van der Waals surface area contributed by atoms with Gasteiger partial charge in [0, 0.05) is 5.92 Å². The van der Waals surface area contributed by atoms with Crippen molar-refractivity contribution in [1.29, 1.82) is 0 Å². The van der Waals surface area contributed by atoms with Crippen LogP contribution in [0.1, 0.15) is 66.7 Å². The van der Waals surface area contributed by atoms with Crippen molar-refractivity contribution >= 4 is 11.6 Å². The Balaban J connectivity index is 2.95. The van der Waals surface area contributed by atoms with E-state index in [1.165, 1.54) is 0 Å². The van der Waals surface area contributed by atoms with E-state index in [1.807, 2.05) is 26.8 Å². The van der Waals surface area contributed by atoms with Gasteiger partial charge in [-0.15, -0.1) is 0 Å². The van der Waals surface area contributed by atoms with Gasteiger partial charge in [0.2, 0.25) is 0 Å². The highest BCUT2D eigenvalue weighted by Crippen LogP contribution is 2.27. The number of carbonyl (C=O) groups is 2. The standard InChI is InChI=1S/C20H30O2/c1-15-7-6-8-17(3)19(22)10-12-20(4,5)11-9-16(2)14-18(21)13-15/h10,12-14,17H,6-9,11H2,1-5H3/b12-10?,15-13-,16-14-/t17-/m0/s1. The first-order chi connectivity index (χ1) is 10.2. The maximum Gasteiger partial charge on any atom is 0.178 e. The molecule has 1 rings (SSSR count). The predicted octanol–water partition coefficient (Wildman–Crippen LogP) is 5.20. The molecule has 0 unspecified atom stereocenters. The molecule has 0 fully saturated rings. The quantitative estimate of drug-likeness (QED) is 0.616. The molecule has 0 saturated heterocycles. The Hall–Kier alpha value is -1.44. The lowest BCUT2D eigenvalue weighted by molar-refractivity contribution is -0.118. The molecule has 0 radical (unpaired) electrons. The Bertz CT molecular complexity index is 504. The van der Waals surface area contributed by atoms with Crippen molar-refractivity contribution < 1.29 is 9.59 Å². The maximum atomic E-state index is 12.2. The van der Waals surface area contributed by atoms with Crippen LogP contribution in [0.3, 0.4) is 0 Å². The molecule has 1 aliphatic rings. The summed E-state index contributed by atoms with van der Waals surface area (Å²) in [6, 6.07) is 0. The van der Waals surface area contributed by atoms with Gasteiger partial charge in [0.05, 0.1) is 0 Å². The summed E-state index contributed by atoms with van der Waals surface area (Å²) < 4.78 is 0. The molecule has 0 aromatic carbocycles. The van der Waals surface area contributed by atoms with E-state index in [-0.39, 0.29) is 22.9 Å². The fraction of sp³-hybridized carbons (Fsp3) is 0.600. The molecule has 0 bridgehead atoms. The highest BCUT2D eigenvalue weighted by molar-refractivity contribution is 6.00. The van der Waals surface area contributed by atoms with E-state index >= 15 is 0 Å². The number of rotatable bonds is 0. The Morgan fingerprint density at radius 2 is 1.64 bits per heavy atom. The minimum atomic E-state index is -0.0283. The van der Waals surface area contributed by atoms with E-state index < -0.39 is 0 Å². The number of allylic oxidation sites excluding steroid dienone is 6. The van der Waals surface area contributed by atoms with Crippen LogP contribution in [-0.4, -0.2) is 11.6 Å². The highest BCUT2D eigenvalue weighted by atomic mass is 16.1. The second-order valence-corrected chi connectivity index (χ2v) is 7.40. The number of hydrogen-bond donors (Lipinski definition) is 0. The minimum Gasteiger partial charge on any atom is -0.295 e. The summed E-state index contributed by atoms with van der Waals surface area (Å²) >= 11 is 0. The SMILES string of the molecule is C/C1=C/C(=O)/C=C(/C)CCC(C)(C)C=CC(=O)[C@@H](C)CCC1. The smallest absolute Gasteiger partial charge is 0.178 e. The van der Waals surface area contributed by atoms with Crippen LogP contribution in [0.25, 0.3) is 0 Å². The van der Waals surface area contributed by atoms with Gasteiger partial charge in [-0.2, -0.15) is 0 Å². The van der Waals surface area contributed by atoms with Crippen molar-refractivity contribution in [1.82, 2.24) is 0 Å². The fourth-order valence-corrected chi connectivity index (χ4v) is 2.58. The molecule has 0 aromatic heterocycles. The Morgan fingerprint density at radius 3 is 2.27 bits per heavy atom. The first kappa shape index (κ1) is 18.6. The van der Waals surface area contributed by atoms with Gasteiger partial charge in [-0.25, -0.2) is 0 Å². The molecule has 0 spiro atoms. The van der Waals surface area contributed by atoms with Crippen LogP contribution in [0.15, 0.2) is 35.5 Å². The Morgan fingerprint density at radius 1 is 1.05 bits per heavy atom. The van der Waals surface area contributed by atoms with Crippen molar-refractivity contribution in [3.05, 3.63) is 35.5 Å². The average Bonchev–Trinajstić information content (AvgIpc) is 2.41. The zero-order valence-electron chi connectivity index (χ0n) is 14.7. The Kier molecular flexibility index (Phi) is 6.99. The lowest BCUT2D eigenvalue weighted by Gasteiger charge is -2.20. The first-order valence-corrected chi connectivity index (χ1v) is 8.31. The molecule has 0 saturated carbocycles. The van der Waals surface area contributed by atoms with Crippen LogP contribution in [0, 0.1) is 11.3 Å². The van der Waals surface area contributed by atoms with Gasteiger partial charge in [0.1, 0.15) is 0 Å². The number of carbonyl (C=O) groups excluding carboxylic acids is 2. The summed E-state index contributed by atoms with van der Waals surface area (Å²) in [4.78, 5) is 24.2. The van der Waals surface area contributed by atoms with E-state index in [1.54, 1.807) is 18.2 Å². The molecule has 1 atom stereocenters. The molecule has 0 heterocycles. The average molecular weight is 302 g/mol. The molecule has 0 aliphatic heterocycles. The van der Waals surface area contributed by atoms with Crippen molar-refractivity contribution in [2.24, 2.45) is 11.3 Å². The number of hydrogen-bond acceptors (Lipinski definition) is 2. The van der Waals surface area contributed by atoms with Gasteiger partial charge in [-0.05, 0) is 69.6 Å². The minimum absolute atomic E-state index is 0.0283. The normalized spacial score (nSPS) is 29.8. The lowest BCUT2D eigenvalue weighted by Crippen LogP contribution is -2.12. The second-order valence-electron chi connectivity index (χ2n) is 7.40. The molecule has 2 nitrogen and oxygen atoms in total. The van der Waals surface area contributed by atoms with Crippen molar-refractivity contribution in [2.45, 2.75) is 66.7 Å².